The number of H-pyrrole nitrogens is 1. The summed E-state index contributed by atoms with van der Waals surface area (Å²) in [6, 6.07) is 25.3. The summed E-state index contributed by atoms with van der Waals surface area (Å²) in [6.07, 6.45) is 1.93. The van der Waals surface area contributed by atoms with E-state index in [1.54, 1.807) is 0 Å². The van der Waals surface area contributed by atoms with Crippen LogP contribution in [-0.4, -0.2) is 14.5 Å². The Balaban J connectivity index is 1.64. The second-order valence-electron chi connectivity index (χ2n) is 7.94. The molecule has 4 heteroatoms. The van der Waals surface area contributed by atoms with Crippen LogP contribution in [0.4, 0.5) is 0 Å². The van der Waals surface area contributed by atoms with Crippen molar-refractivity contribution in [2.75, 3.05) is 0 Å². The Bertz CT molecular complexity index is 1520. The van der Waals surface area contributed by atoms with E-state index in [1.165, 1.54) is 10.8 Å². The zero-order chi connectivity index (χ0) is 21.5. The van der Waals surface area contributed by atoms with Crippen molar-refractivity contribution in [1.29, 1.82) is 5.26 Å². The third-order valence-corrected chi connectivity index (χ3v) is 5.79. The maximum Gasteiger partial charge on any atom is 0.149 e. The van der Waals surface area contributed by atoms with Crippen molar-refractivity contribution in [3.63, 3.8) is 0 Å². The van der Waals surface area contributed by atoms with Crippen LogP contribution in [0.5, 0.6) is 0 Å². The van der Waals surface area contributed by atoms with Gasteiger partial charge in [-0.3, -0.25) is 0 Å². The lowest BCUT2D eigenvalue weighted by Crippen LogP contribution is -2.00. The van der Waals surface area contributed by atoms with Crippen LogP contribution in [0.15, 0.2) is 66.7 Å². The fourth-order valence-electron chi connectivity index (χ4n) is 4.27. The van der Waals surface area contributed by atoms with E-state index in [0.29, 0.717) is 11.4 Å². The van der Waals surface area contributed by atoms with Gasteiger partial charge in [0.15, 0.2) is 0 Å². The second kappa shape index (κ2) is 7.30. The van der Waals surface area contributed by atoms with Crippen molar-refractivity contribution >= 4 is 33.5 Å². The average molecular weight is 403 g/mol. The second-order valence-corrected chi connectivity index (χ2v) is 7.94. The molecule has 5 rings (SSSR count). The summed E-state index contributed by atoms with van der Waals surface area (Å²) < 4.78 is 2.26. The molecule has 150 valence electrons. The molecule has 0 saturated carbocycles. The first-order valence-electron chi connectivity index (χ1n) is 10.3. The number of hydrogen-bond acceptors (Lipinski definition) is 2. The molecule has 0 bridgehead atoms. The number of imidazole rings is 1. The predicted octanol–water partition coefficient (Wildman–Crippen LogP) is 6.50. The molecule has 3 aromatic carbocycles. The monoisotopic (exact) mass is 402 g/mol. The van der Waals surface area contributed by atoms with Crippen LogP contribution < -0.4 is 0 Å². The average Bonchev–Trinajstić information content (AvgIpc) is 3.31. The fourth-order valence-corrected chi connectivity index (χ4v) is 4.27. The lowest BCUT2D eigenvalue weighted by Gasteiger charge is -2.13. The normalized spacial score (nSPS) is 11.9. The zero-order valence-corrected chi connectivity index (χ0v) is 17.8. The van der Waals surface area contributed by atoms with Gasteiger partial charge >= 0.3 is 0 Å². The fraction of sp³-hybridized carbons (Fsp3) is 0.111. The molecule has 0 radical (unpaired) electrons. The van der Waals surface area contributed by atoms with Crippen molar-refractivity contribution in [3.8, 4) is 11.8 Å². The van der Waals surface area contributed by atoms with Crippen LogP contribution in [0.2, 0.25) is 0 Å². The molecule has 0 atom stereocenters. The molecule has 0 unspecified atom stereocenters. The van der Waals surface area contributed by atoms with Crippen molar-refractivity contribution in [2.24, 2.45) is 0 Å². The van der Waals surface area contributed by atoms with Gasteiger partial charge in [-0.25, -0.2) is 4.98 Å². The molecule has 0 aliphatic carbocycles. The SMILES string of the molecule is Cc1ccc2nc(C(C#N)=Cc3cc(C)n(-c4cccc5ccccc45)c3C)[nH]c2c1. The number of rotatable bonds is 3. The Morgan fingerprint density at radius 3 is 2.65 bits per heavy atom. The standard InChI is InChI=1S/C27H22N4/c1-17-11-12-24-25(13-17)30-27(29-24)22(16-28)15-21-14-18(2)31(19(21)3)26-10-6-8-20-7-4-5-9-23(20)26/h4-15H,1-3H3,(H,29,30). The van der Waals surface area contributed by atoms with Gasteiger partial charge in [0.25, 0.3) is 0 Å². The van der Waals surface area contributed by atoms with Gasteiger partial charge in [0.05, 0.1) is 22.3 Å². The number of aromatic amines is 1. The molecule has 31 heavy (non-hydrogen) atoms. The van der Waals surface area contributed by atoms with E-state index in [0.717, 1.165) is 39.2 Å². The maximum absolute atomic E-state index is 9.86. The van der Waals surface area contributed by atoms with Crippen LogP contribution in [0, 0.1) is 32.1 Å². The number of nitriles is 1. The van der Waals surface area contributed by atoms with Gasteiger partial charge in [0, 0.05) is 16.8 Å². The third kappa shape index (κ3) is 3.21. The molecule has 0 spiro atoms. The number of aromatic nitrogens is 3. The Morgan fingerprint density at radius 1 is 1.00 bits per heavy atom. The smallest absolute Gasteiger partial charge is 0.149 e. The van der Waals surface area contributed by atoms with Gasteiger partial charge in [-0.15, -0.1) is 0 Å². The molecular formula is C27H22N4. The van der Waals surface area contributed by atoms with Crippen molar-refractivity contribution in [3.05, 3.63) is 95.1 Å². The first kappa shape index (κ1) is 18.9. The molecule has 4 nitrogen and oxygen atoms in total. The lowest BCUT2D eigenvalue weighted by molar-refractivity contribution is 0.973. The predicted molar refractivity (Wildman–Crippen MR) is 127 cm³/mol. The Morgan fingerprint density at radius 2 is 1.81 bits per heavy atom. The summed E-state index contributed by atoms with van der Waals surface area (Å²) in [5, 5.41) is 12.3. The van der Waals surface area contributed by atoms with E-state index >= 15 is 0 Å². The number of nitrogens with one attached hydrogen (secondary N) is 1. The largest absolute Gasteiger partial charge is 0.337 e. The van der Waals surface area contributed by atoms with E-state index in [2.05, 4.69) is 83.0 Å². The van der Waals surface area contributed by atoms with Crippen LogP contribution in [-0.2, 0) is 0 Å². The molecule has 0 aliphatic heterocycles. The number of nitrogens with zero attached hydrogens (tertiary/aromatic N) is 3. The van der Waals surface area contributed by atoms with Crippen LogP contribution >= 0.6 is 0 Å². The minimum Gasteiger partial charge on any atom is -0.337 e. The highest BCUT2D eigenvalue weighted by Crippen LogP contribution is 2.29. The molecule has 0 saturated heterocycles. The molecule has 5 aromatic rings. The zero-order valence-electron chi connectivity index (χ0n) is 17.8. The summed E-state index contributed by atoms with van der Waals surface area (Å²) in [6.45, 7) is 6.24. The minimum atomic E-state index is 0.520. The maximum atomic E-state index is 9.86. The molecule has 0 fully saturated rings. The van der Waals surface area contributed by atoms with Gasteiger partial charge in [-0.05, 0) is 67.6 Å². The van der Waals surface area contributed by atoms with Gasteiger partial charge in [-0.2, -0.15) is 5.26 Å². The summed E-state index contributed by atoms with van der Waals surface area (Å²) in [7, 11) is 0. The first-order valence-corrected chi connectivity index (χ1v) is 10.3. The number of aryl methyl sites for hydroxylation is 2. The first-order chi connectivity index (χ1) is 15.0. The lowest BCUT2D eigenvalue weighted by atomic mass is 10.1. The molecule has 1 N–H and O–H groups in total. The number of allylic oxidation sites excluding steroid dienone is 1. The highest BCUT2D eigenvalue weighted by Gasteiger charge is 2.14. The number of benzene rings is 3. The topological polar surface area (TPSA) is 57.4 Å². The van der Waals surface area contributed by atoms with Crippen molar-refractivity contribution in [1.82, 2.24) is 14.5 Å². The Labute approximate surface area is 181 Å². The number of hydrogen-bond donors (Lipinski definition) is 1. The summed E-state index contributed by atoms with van der Waals surface area (Å²) in [5.74, 6) is 0.595. The summed E-state index contributed by atoms with van der Waals surface area (Å²) in [5.41, 5.74) is 7.85. The van der Waals surface area contributed by atoms with Gasteiger partial charge in [0.2, 0.25) is 0 Å². The van der Waals surface area contributed by atoms with Crippen molar-refractivity contribution in [2.45, 2.75) is 20.8 Å². The van der Waals surface area contributed by atoms with Gasteiger partial charge in [0.1, 0.15) is 11.9 Å². The minimum absolute atomic E-state index is 0.520. The molecule has 2 heterocycles. The highest BCUT2D eigenvalue weighted by molar-refractivity contribution is 5.92. The Hall–Kier alpha value is -4.10. The van der Waals surface area contributed by atoms with E-state index in [9.17, 15) is 5.26 Å². The van der Waals surface area contributed by atoms with Gasteiger partial charge in [-0.1, -0.05) is 42.5 Å². The van der Waals surface area contributed by atoms with E-state index in [1.807, 2.05) is 31.2 Å². The van der Waals surface area contributed by atoms with E-state index in [-0.39, 0.29) is 0 Å². The van der Waals surface area contributed by atoms with Gasteiger partial charge < -0.3 is 9.55 Å². The summed E-state index contributed by atoms with van der Waals surface area (Å²) >= 11 is 0. The quantitative estimate of drug-likeness (QED) is 0.350. The van der Waals surface area contributed by atoms with Crippen LogP contribution in [0.1, 0.15) is 28.3 Å². The van der Waals surface area contributed by atoms with Crippen LogP contribution in [0.25, 0.3) is 39.1 Å². The molecule has 0 aliphatic rings. The summed E-state index contributed by atoms with van der Waals surface area (Å²) in [4.78, 5) is 7.92. The molecule has 0 amide bonds. The van der Waals surface area contributed by atoms with Crippen LogP contribution in [0.3, 0.4) is 0 Å². The third-order valence-electron chi connectivity index (χ3n) is 5.79. The molecular weight excluding hydrogens is 380 g/mol. The molecule has 2 aromatic heterocycles. The van der Waals surface area contributed by atoms with E-state index in [4.69, 9.17) is 0 Å². The highest BCUT2D eigenvalue weighted by atomic mass is 15.0. The van der Waals surface area contributed by atoms with E-state index < -0.39 is 0 Å². The number of fused-ring (bicyclic) bond motifs is 2. The van der Waals surface area contributed by atoms with Crippen molar-refractivity contribution < 1.29 is 0 Å². The Kier molecular flexibility index (Phi) is 4.45.